The maximum atomic E-state index is 12.2. The van der Waals surface area contributed by atoms with Crippen LogP contribution in [0.4, 0.5) is 0 Å². The Morgan fingerprint density at radius 3 is 2.21 bits per heavy atom. The molecule has 0 aromatic heterocycles. The Hall–Kier alpha value is -2.90. The first-order valence-electron chi connectivity index (χ1n) is 7.22. The van der Waals surface area contributed by atoms with Gasteiger partial charge in [-0.3, -0.25) is 19.2 Å². The predicted octanol–water partition coefficient (Wildman–Crippen LogP) is 0.831. The molecule has 128 valence electrons. The molecule has 0 bridgehead atoms. The third-order valence-electron chi connectivity index (χ3n) is 4.59. The van der Waals surface area contributed by atoms with Gasteiger partial charge in [-0.25, -0.2) is 0 Å². The molecule has 0 saturated carbocycles. The molecule has 8 nitrogen and oxygen atoms in total. The van der Waals surface area contributed by atoms with Crippen LogP contribution in [0.25, 0.3) is 0 Å². The largest absolute Gasteiger partial charge is 0.481 e. The van der Waals surface area contributed by atoms with Crippen molar-refractivity contribution in [1.82, 2.24) is 0 Å². The molecule has 1 aliphatic carbocycles. The number of carbonyl (C=O) groups is 4. The maximum absolute atomic E-state index is 12.2. The van der Waals surface area contributed by atoms with Gasteiger partial charge in [0.2, 0.25) is 0 Å². The van der Waals surface area contributed by atoms with Crippen molar-refractivity contribution in [3.05, 3.63) is 35.4 Å². The van der Waals surface area contributed by atoms with Gasteiger partial charge in [-0.05, 0) is 24.0 Å². The van der Waals surface area contributed by atoms with Crippen molar-refractivity contribution in [3.8, 4) is 0 Å². The molecule has 0 spiro atoms. The highest BCUT2D eigenvalue weighted by atomic mass is 16.4. The van der Waals surface area contributed by atoms with Gasteiger partial charge in [0, 0.05) is 0 Å². The molecule has 0 radical (unpaired) electrons. The van der Waals surface area contributed by atoms with Crippen molar-refractivity contribution in [3.63, 3.8) is 0 Å². The molecule has 0 amide bonds. The fourth-order valence-electron chi connectivity index (χ4n) is 3.64. The highest BCUT2D eigenvalue weighted by Crippen LogP contribution is 2.48. The van der Waals surface area contributed by atoms with Crippen molar-refractivity contribution >= 4 is 23.9 Å². The number of rotatable bonds is 6. The van der Waals surface area contributed by atoms with Crippen LogP contribution < -0.4 is 0 Å². The third-order valence-corrected chi connectivity index (χ3v) is 4.59. The quantitative estimate of drug-likeness (QED) is 0.596. The number of benzene rings is 1. The van der Waals surface area contributed by atoms with E-state index in [4.69, 9.17) is 5.11 Å². The van der Waals surface area contributed by atoms with Crippen LogP contribution in [-0.2, 0) is 31.0 Å². The van der Waals surface area contributed by atoms with Crippen LogP contribution in [0.15, 0.2) is 24.3 Å². The summed E-state index contributed by atoms with van der Waals surface area (Å²) < 4.78 is 0. The van der Waals surface area contributed by atoms with Crippen molar-refractivity contribution < 1.29 is 39.6 Å². The van der Waals surface area contributed by atoms with Crippen LogP contribution in [0.5, 0.6) is 0 Å². The van der Waals surface area contributed by atoms with Crippen LogP contribution in [0.1, 0.15) is 24.0 Å². The zero-order valence-electron chi connectivity index (χ0n) is 12.5. The van der Waals surface area contributed by atoms with Gasteiger partial charge in [0.05, 0.1) is 18.3 Å². The SMILES string of the molecule is O=C(O)CC(C(=O)O)C1(C(=O)O)c2ccccc2CCC1C(=O)O. The van der Waals surface area contributed by atoms with Gasteiger partial charge in [0.1, 0.15) is 5.41 Å². The summed E-state index contributed by atoms with van der Waals surface area (Å²) in [6.45, 7) is 0. The molecule has 24 heavy (non-hydrogen) atoms. The third kappa shape index (κ3) is 2.60. The summed E-state index contributed by atoms with van der Waals surface area (Å²) in [5.41, 5.74) is -1.76. The normalized spacial score (nSPS) is 23.8. The summed E-state index contributed by atoms with van der Waals surface area (Å²) in [5, 5.41) is 37.9. The summed E-state index contributed by atoms with van der Waals surface area (Å²) in [6.07, 6.45) is -0.788. The Bertz CT molecular complexity index is 710. The summed E-state index contributed by atoms with van der Waals surface area (Å²) in [4.78, 5) is 46.7. The molecule has 4 N–H and O–H groups in total. The molecule has 8 heteroatoms. The molecule has 2 rings (SSSR count). The molecule has 3 unspecified atom stereocenters. The Kier molecular flexibility index (Phi) is 4.59. The molecule has 0 saturated heterocycles. The molecule has 0 heterocycles. The Balaban J connectivity index is 2.82. The highest BCUT2D eigenvalue weighted by molar-refractivity contribution is 5.96. The molecule has 0 aliphatic heterocycles. The fourth-order valence-corrected chi connectivity index (χ4v) is 3.64. The van der Waals surface area contributed by atoms with E-state index in [9.17, 15) is 34.5 Å². The number of carboxylic acid groups (broad SMARTS) is 4. The zero-order valence-corrected chi connectivity index (χ0v) is 12.5. The van der Waals surface area contributed by atoms with E-state index in [0.29, 0.717) is 5.56 Å². The lowest BCUT2D eigenvalue weighted by Gasteiger charge is -2.43. The topological polar surface area (TPSA) is 149 Å². The minimum atomic E-state index is -2.34. The second kappa shape index (κ2) is 6.31. The van der Waals surface area contributed by atoms with E-state index < -0.39 is 47.5 Å². The lowest BCUT2D eigenvalue weighted by atomic mass is 9.56. The number of hydrogen-bond donors (Lipinski definition) is 4. The van der Waals surface area contributed by atoms with E-state index in [1.165, 1.54) is 12.1 Å². The van der Waals surface area contributed by atoms with Crippen molar-refractivity contribution in [2.45, 2.75) is 24.7 Å². The second-order valence-electron chi connectivity index (χ2n) is 5.75. The van der Waals surface area contributed by atoms with Crippen molar-refractivity contribution in [1.29, 1.82) is 0 Å². The monoisotopic (exact) mass is 336 g/mol. The number of carboxylic acids is 4. The van der Waals surface area contributed by atoms with Gasteiger partial charge in [0.25, 0.3) is 0 Å². The Morgan fingerprint density at radius 1 is 1.08 bits per heavy atom. The van der Waals surface area contributed by atoms with Crippen LogP contribution in [-0.4, -0.2) is 44.3 Å². The van der Waals surface area contributed by atoms with E-state index in [-0.39, 0.29) is 18.4 Å². The molecular formula is C16H16O8. The lowest BCUT2D eigenvalue weighted by molar-refractivity contribution is -0.168. The highest BCUT2D eigenvalue weighted by Gasteiger charge is 2.61. The van der Waals surface area contributed by atoms with E-state index in [1.54, 1.807) is 12.1 Å². The molecular weight excluding hydrogens is 320 g/mol. The first-order valence-corrected chi connectivity index (χ1v) is 7.22. The first-order chi connectivity index (χ1) is 11.2. The van der Waals surface area contributed by atoms with Crippen LogP contribution in [0, 0.1) is 11.8 Å². The van der Waals surface area contributed by atoms with Gasteiger partial charge in [0.15, 0.2) is 0 Å². The van der Waals surface area contributed by atoms with E-state index in [2.05, 4.69) is 0 Å². The smallest absolute Gasteiger partial charge is 0.315 e. The van der Waals surface area contributed by atoms with Crippen LogP contribution >= 0.6 is 0 Å². The number of aliphatic carboxylic acids is 4. The van der Waals surface area contributed by atoms with Crippen molar-refractivity contribution in [2.24, 2.45) is 11.8 Å². The Morgan fingerprint density at radius 2 is 1.71 bits per heavy atom. The predicted molar refractivity (Wildman–Crippen MR) is 78.6 cm³/mol. The van der Waals surface area contributed by atoms with E-state index in [1.807, 2.05) is 0 Å². The molecule has 1 aliphatic rings. The van der Waals surface area contributed by atoms with Crippen LogP contribution in [0.3, 0.4) is 0 Å². The minimum Gasteiger partial charge on any atom is -0.481 e. The van der Waals surface area contributed by atoms with Gasteiger partial charge >= 0.3 is 23.9 Å². The van der Waals surface area contributed by atoms with Gasteiger partial charge in [-0.2, -0.15) is 0 Å². The number of hydrogen-bond acceptors (Lipinski definition) is 4. The standard InChI is InChI=1S/C16H16O8/c17-12(18)7-11(14(21)22)16(15(23)24)9-4-2-1-3-8(9)5-6-10(16)13(19)20/h1-4,10-11H,5-7H2,(H,17,18)(H,19,20)(H,21,22)(H,23,24). The summed E-state index contributed by atoms with van der Waals surface area (Å²) >= 11 is 0. The zero-order chi connectivity index (χ0) is 18.1. The van der Waals surface area contributed by atoms with Gasteiger partial charge in [-0.15, -0.1) is 0 Å². The van der Waals surface area contributed by atoms with Gasteiger partial charge < -0.3 is 20.4 Å². The molecule has 1 aromatic carbocycles. The first kappa shape index (κ1) is 17.5. The molecule has 1 aromatic rings. The molecule has 3 atom stereocenters. The number of aryl methyl sites for hydroxylation is 1. The van der Waals surface area contributed by atoms with E-state index >= 15 is 0 Å². The van der Waals surface area contributed by atoms with E-state index in [0.717, 1.165) is 0 Å². The summed E-state index contributed by atoms with van der Waals surface area (Å²) in [7, 11) is 0. The maximum Gasteiger partial charge on any atom is 0.315 e. The average molecular weight is 336 g/mol. The molecule has 0 fully saturated rings. The number of fused-ring (bicyclic) bond motifs is 1. The van der Waals surface area contributed by atoms with Crippen molar-refractivity contribution in [2.75, 3.05) is 0 Å². The summed E-state index contributed by atoms with van der Waals surface area (Å²) in [5.74, 6) is -9.70. The minimum absolute atomic E-state index is 0.0600. The average Bonchev–Trinajstić information content (AvgIpc) is 2.50. The summed E-state index contributed by atoms with van der Waals surface area (Å²) in [6, 6.07) is 6.10. The van der Waals surface area contributed by atoms with Gasteiger partial charge in [-0.1, -0.05) is 24.3 Å². The fraction of sp³-hybridized carbons (Fsp3) is 0.375. The van der Waals surface area contributed by atoms with Crippen LogP contribution in [0.2, 0.25) is 0 Å². The lowest BCUT2D eigenvalue weighted by Crippen LogP contribution is -2.57. The Labute approximate surface area is 136 Å². The second-order valence-corrected chi connectivity index (χ2v) is 5.75.